The molecule has 0 saturated carbocycles. The topological polar surface area (TPSA) is 70.1 Å². The normalized spacial score (nSPS) is 18.2. The van der Waals surface area contributed by atoms with Crippen molar-refractivity contribution in [2.75, 3.05) is 39.8 Å². The van der Waals surface area contributed by atoms with Crippen LogP contribution in [0.25, 0.3) is 0 Å². The Morgan fingerprint density at radius 3 is 2.74 bits per heavy atom. The minimum absolute atomic E-state index is 0.0431. The van der Waals surface area contributed by atoms with Gasteiger partial charge >= 0.3 is 5.97 Å². The van der Waals surface area contributed by atoms with E-state index in [-0.39, 0.29) is 18.6 Å². The van der Waals surface area contributed by atoms with Gasteiger partial charge in [0.25, 0.3) is 0 Å². The van der Waals surface area contributed by atoms with Crippen LogP contribution in [0, 0.1) is 0 Å². The number of amides is 1. The zero-order valence-electron chi connectivity index (χ0n) is 13.1. The van der Waals surface area contributed by atoms with Gasteiger partial charge in [0.15, 0.2) is 0 Å². The highest BCUT2D eigenvalue weighted by atomic mass is 35.5. The van der Waals surface area contributed by atoms with E-state index >= 15 is 0 Å². The van der Waals surface area contributed by atoms with Crippen LogP contribution < -0.4 is 0 Å². The zero-order chi connectivity index (χ0) is 16.8. The van der Waals surface area contributed by atoms with Crippen LogP contribution >= 0.6 is 11.6 Å². The van der Waals surface area contributed by atoms with Crippen LogP contribution in [0.5, 0.6) is 0 Å². The van der Waals surface area contributed by atoms with Gasteiger partial charge in [-0.15, -0.1) is 0 Å². The predicted molar refractivity (Wildman–Crippen MR) is 86.6 cm³/mol. The Labute approximate surface area is 140 Å². The lowest BCUT2D eigenvalue weighted by Crippen LogP contribution is -2.50. The summed E-state index contributed by atoms with van der Waals surface area (Å²) in [5.41, 5.74) is 0.922. The second kappa shape index (κ2) is 8.29. The first-order chi connectivity index (χ1) is 10.9. The van der Waals surface area contributed by atoms with E-state index in [0.717, 1.165) is 5.56 Å². The van der Waals surface area contributed by atoms with Crippen molar-refractivity contribution in [3.8, 4) is 0 Å². The average molecular weight is 341 g/mol. The van der Waals surface area contributed by atoms with Gasteiger partial charge in [-0.25, -0.2) is 0 Å². The maximum atomic E-state index is 12.4. The molecular weight excluding hydrogens is 320 g/mol. The number of hydrogen-bond donors (Lipinski definition) is 1. The van der Waals surface area contributed by atoms with Crippen molar-refractivity contribution in [1.82, 2.24) is 9.80 Å². The largest absolute Gasteiger partial charge is 0.480 e. The lowest BCUT2D eigenvalue weighted by molar-refractivity contribution is -0.142. The van der Waals surface area contributed by atoms with Crippen molar-refractivity contribution < 1.29 is 19.4 Å². The molecule has 1 N–H and O–H groups in total. The SMILES string of the molecule is CN(CC(=O)O)CC1CN(C(=O)Cc2ccc(Cl)cc2)CCO1. The number of benzene rings is 1. The van der Waals surface area contributed by atoms with Crippen molar-refractivity contribution in [3.05, 3.63) is 34.9 Å². The minimum Gasteiger partial charge on any atom is -0.480 e. The summed E-state index contributed by atoms with van der Waals surface area (Å²) in [7, 11) is 1.73. The number of hydrogen-bond acceptors (Lipinski definition) is 4. The van der Waals surface area contributed by atoms with Gasteiger partial charge in [0.2, 0.25) is 5.91 Å². The van der Waals surface area contributed by atoms with E-state index in [2.05, 4.69) is 0 Å². The molecule has 1 aliphatic heterocycles. The summed E-state index contributed by atoms with van der Waals surface area (Å²) >= 11 is 5.84. The first-order valence-corrected chi connectivity index (χ1v) is 7.86. The Morgan fingerprint density at radius 2 is 2.09 bits per heavy atom. The smallest absolute Gasteiger partial charge is 0.317 e. The predicted octanol–water partition coefficient (Wildman–Crippen LogP) is 1.13. The summed E-state index contributed by atoms with van der Waals surface area (Å²) in [6.45, 7) is 1.95. The zero-order valence-corrected chi connectivity index (χ0v) is 13.8. The molecule has 1 heterocycles. The van der Waals surface area contributed by atoms with Crippen molar-refractivity contribution in [3.63, 3.8) is 0 Å². The van der Waals surface area contributed by atoms with E-state index in [4.69, 9.17) is 21.4 Å². The second-order valence-electron chi connectivity index (χ2n) is 5.73. The molecule has 23 heavy (non-hydrogen) atoms. The summed E-state index contributed by atoms with van der Waals surface area (Å²) < 4.78 is 5.63. The Bertz CT molecular complexity index is 550. The molecule has 1 aromatic carbocycles. The highest BCUT2D eigenvalue weighted by molar-refractivity contribution is 6.30. The number of aliphatic carboxylic acids is 1. The number of likely N-dealkylation sites (N-methyl/N-ethyl adjacent to an activating group) is 1. The number of morpholine rings is 1. The number of carboxylic acid groups (broad SMARTS) is 1. The molecular formula is C16H21ClN2O4. The Balaban J connectivity index is 1.86. The molecule has 1 aliphatic rings. The standard InChI is InChI=1S/C16H21ClN2O4/c1-18(11-16(21)22)9-14-10-19(6-7-23-14)15(20)8-12-2-4-13(17)5-3-12/h2-5,14H,6-11H2,1H3,(H,21,22). The maximum absolute atomic E-state index is 12.4. The third-order valence-corrected chi connectivity index (χ3v) is 3.93. The molecule has 126 valence electrons. The van der Waals surface area contributed by atoms with Crippen LogP contribution in [-0.4, -0.2) is 72.7 Å². The van der Waals surface area contributed by atoms with Gasteiger partial charge in [0, 0.05) is 24.7 Å². The summed E-state index contributed by atoms with van der Waals surface area (Å²) in [5, 5.41) is 9.43. The van der Waals surface area contributed by atoms with E-state index in [0.29, 0.717) is 37.7 Å². The van der Waals surface area contributed by atoms with E-state index in [1.54, 1.807) is 29.0 Å². The molecule has 0 aromatic heterocycles. The van der Waals surface area contributed by atoms with Crippen LogP contribution in [-0.2, 0) is 20.7 Å². The Morgan fingerprint density at radius 1 is 1.39 bits per heavy atom. The Hall–Kier alpha value is -1.63. The fourth-order valence-corrected chi connectivity index (χ4v) is 2.71. The molecule has 2 rings (SSSR count). The lowest BCUT2D eigenvalue weighted by Gasteiger charge is -2.34. The van der Waals surface area contributed by atoms with Gasteiger partial charge in [-0.2, -0.15) is 0 Å². The molecule has 0 bridgehead atoms. The van der Waals surface area contributed by atoms with Gasteiger partial charge in [0.05, 0.1) is 25.7 Å². The summed E-state index contributed by atoms with van der Waals surface area (Å²) in [6.07, 6.45) is 0.164. The number of nitrogens with zero attached hydrogens (tertiary/aromatic N) is 2. The van der Waals surface area contributed by atoms with Crippen LogP contribution in [0.4, 0.5) is 0 Å². The van der Waals surface area contributed by atoms with E-state index in [1.165, 1.54) is 0 Å². The van der Waals surface area contributed by atoms with Gasteiger partial charge < -0.3 is 14.7 Å². The third-order valence-electron chi connectivity index (χ3n) is 3.68. The quantitative estimate of drug-likeness (QED) is 0.840. The first kappa shape index (κ1) is 17.7. The highest BCUT2D eigenvalue weighted by Crippen LogP contribution is 2.13. The molecule has 1 aromatic rings. The molecule has 7 heteroatoms. The number of carbonyl (C=O) groups excluding carboxylic acids is 1. The number of halogens is 1. The third kappa shape index (κ3) is 5.82. The first-order valence-electron chi connectivity index (χ1n) is 7.48. The van der Waals surface area contributed by atoms with Crippen molar-refractivity contribution in [2.24, 2.45) is 0 Å². The van der Waals surface area contributed by atoms with Crippen LogP contribution in [0.15, 0.2) is 24.3 Å². The van der Waals surface area contributed by atoms with Gasteiger partial charge in [-0.1, -0.05) is 23.7 Å². The van der Waals surface area contributed by atoms with E-state index < -0.39 is 5.97 Å². The number of carboxylic acids is 1. The number of rotatable bonds is 6. The molecule has 1 saturated heterocycles. The molecule has 1 fully saturated rings. The molecule has 0 radical (unpaired) electrons. The summed E-state index contributed by atoms with van der Waals surface area (Å²) in [4.78, 5) is 26.5. The number of ether oxygens (including phenoxy) is 1. The molecule has 0 spiro atoms. The number of carbonyl (C=O) groups is 2. The van der Waals surface area contributed by atoms with E-state index in [9.17, 15) is 9.59 Å². The van der Waals surface area contributed by atoms with Gasteiger partial charge in [0.1, 0.15) is 0 Å². The molecule has 0 aliphatic carbocycles. The lowest BCUT2D eigenvalue weighted by atomic mass is 10.1. The fourth-order valence-electron chi connectivity index (χ4n) is 2.59. The highest BCUT2D eigenvalue weighted by Gasteiger charge is 2.25. The second-order valence-corrected chi connectivity index (χ2v) is 6.16. The van der Waals surface area contributed by atoms with Crippen LogP contribution in [0.3, 0.4) is 0 Å². The van der Waals surface area contributed by atoms with E-state index in [1.807, 2.05) is 12.1 Å². The average Bonchev–Trinajstić information content (AvgIpc) is 2.49. The molecule has 1 atom stereocenters. The summed E-state index contributed by atoms with van der Waals surface area (Å²) in [5.74, 6) is -0.833. The van der Waals surface area contributed by atoms with Crippen LogP contribution in [0.1, 0.15) is 5.56 Å². The van der Waals surface area contributed by atoms with Gasteiger partial charge in [-0.3, -0.25) is 14.5 Å². The van der Waals surface area contributed by atoms with Crippen molar-refractivity contribution >= 4 is 23.5 Å². The monoisotopic (exact) mass is 340 g/mol. The molecule has 6 nitrogen and oxygen atoms in total. The molecule has 1 amide bonds. The maximum Gasteiger partial charge on any atom is 0.317 e. The minimum atomic E-state index is -0.876. The summed E-state index contributed by atoms with van der Waals surface area (Å²) in [6, 6.07) is 7.23. The van der Waals surface area contributed by atoms with Crippen molar-refractivity contribution in [1.29, 1.82) is 0 Å². The Kier molecular flexibility index (Phi) is 6.38. The fraction of sp³-hybridized carbons (Fsp3) is 0.500. The van der Waals surface area contributed by atoms with Gasteiger partial charge in [-0.05, 0) is 24.7 Å². The van der Waals surface area contributed by atoms with Crippen molar-refractivity contribution in [2.45, 2.75) is 12.5 Å². The van der Waals surface area contributed by atoms with Crippen LogP contribution in [0.2, 0.25) is 5.02 Å². The molecule has 1 unspecified atom stereocenters.